The van der Waals surface area contributed by atoms with E-state index in [2.05, 4.69) is 18.8 Å². The minimum atomic E-state index is -0.182. The Morgan fingerprint density at radius 2 is 2.40 bits per heavy atom. The number of hydrogen-bond acceptors (Lipinski definition) is 2. The molecule has 0 amide bonds. The fraction of sp³-hybridized carbons (Fsp3) is 0.333. The molecule has 0 spiro atoms. The number of rotatable bonds is 6. The standard InChI is InChI=1S/C12H16FNS/c1-3-11(14-4-2)9-15-12-7-5-6-10(13)8-12/h3,5-8,11,14H,1,4,9H2,2H3. The van der Waals surface area contributed by atoms with Crippen LogP contribution in [-0.2, 0) is 0 Å². The van der Waals surface area contributed by atoms with E-state index in [1.807, 2.05) is 12.1 Å². The van der Waals surface area contributed by atoms with Gasteiger partial charge in [-0.15, -0.1) is 18.3 Å². The molecule has 0 bridgehead atoms. The Hall–Kier alpha value is -0.800. The Morgan fingerprint density at radius 3 is 3.00 bits per heavy atom. The SMILES string of the molecule is C=CC(CSc1cccc(F)c1)NCC. The van der Waals surface area contributed by atoms with Crippen LogP contribution in [0.5, 0.6) is 0 Å². The van der Waals surface area contributed by atoms with Gasteiger partial charge < -0.3 is 5.32 Å². The molecular weight excluding hydrogens is 209 g/mol. The Labute approximate surface area is 94.8 Å². The molecule has 1 atom stereocenters. The summed E-state index contributed by atoms with van der Waals surface area (Å²) in [5.74, 6) is 0.694. The van der Waals surface area contributed by atoms with Crippen LogP contribution in [0.25, 0.3) is 0 Å². The monoisotopic (exact) mass is 225 g/mol. The number of nitrogens with one attached hydrogen (secondary N) is 1. The Morgan fingerprint density at radius 1 is 1.60 bits per heavy atom. The van der Waals surface area contributed by atoms with Crippen molar-refractivity contribution in [2.24, 2.45) is 0 Å². The van der Waals surface area contributed by atoms with Gasteiger partial charge in [0.15, 0.2) is 0 Å². The third-order valence-electron chi connectivity index (χ3n) is 1.98. The predicted octanol–water partition coefficient (Wildman–Crippen LogP) is 3.08. The largest absolute Gasteiger partial charge is 0.310 e. The molecule has 1 N–H and O–H groups in total. The molecule has 0 aliphatic rings. The van der Waals surface area contributed by atoms with Crippen molar-refractivity contribution in [3.63, 3.8) is 0 Å². The molecule has 0 aliphatic heterocycles. The number of thioether (sulfide) groups is 1. The molecule has 0 saturated heterocycles. The van der Waals surface area contributed by atoms with Crippen LogP contribution in [0.3, 0.4) is 0 Å². The minimum absolute atomic E-state index is 0.182. The van der Waals surface area contributed by atoms with Gasteiger partial charge >= 0.3 is 0 Å². The first-order valence-corrected chi connectivity index (χ1v) is 5.99. The van der Waals surface area contributed by atoms with E-state index < -0.39 is 0 Å². The van der Waals surface area contributed by atoms with Crippen molar-refractivity contribution in [3.05, 3.63) is 42.7 Å². The van der Waals surface area contributed by atoms with Crippen molar-refractivity contribution in [1.82, 2.24) is 5.32 Å². The number of halogens is 1. The van der Waals surface area contributed by atoms with Gasteiger partial charge in [0.1, 0.15) is 5.82 Å². The second-order valence-corrected chi connectivity index (χ2v) is 4.26. The van der Waals surface area contributed by atoms with Crippen LogP contribution in [0, 0.1) is 5.82 Å². The van der Waals surface area contributed by atoms with E-state index in [1.165, 1.54) is 6.07 Å². The lowest BCUT2D eigenvalue weighted by molar-refractivity contribution is 0.624. The molecule has 1 aromatic rings. The van der Waals surface area contributed by atoms with Crippen LogP contribution in [-0.4, -0.2) is 18.3 Å². The normalized spacial score (nSPS) is 12.4. The summed E-state index contributed by atoms with van der Waals surface area (Å²) >= 11 is 1.63. The highest BCUT2D eigenvalue weighted by atomic mass is 32.2. The maximum absolute atomic E-state index is 12.9. The molecule has 0 heterocycles. The minimum Gasteiger partial charge on any atom is -0.310 e. The maximum atomic E-state index is 12.9. The fourth-order valence-corrected chi connectivity index (χ4v) is 2.21. The molecule has 0 aliphatic carbocycles. The van der Waals surface area contributed by atoms with Crippen LogP contribution in [0.1, 0.15) is 6.92 Å². The quantitative estimate of drug-likeness (QED) is 0.590. The van der Waals surface area contributed by atoms with E-state index >= 15 is 0 Å². The first kappa shape index (κ1) is 12.3. The second kappa shape index (κ2) is 6.64. The zero-order valence-corrected chi connectivity index (χ0v) is 9.69. The average molecular weight is 225 g/mol. The molecule has 0 saturated carbocycles. The van der Waals surface area contributed by atoms with Crippen LogP contribution in [0.4, 0.5) is 4.39 Å². The lowest BCUT2D eigenvalue weighted by atomic mass is 10.3. The van der Waals surface area contributed by atoms with Gasteiger partial charge in [0.2, 0.25) is 0 Å². The molecule has 0 fully saturated rings. The molecule has 82 valence electrons. The van der Waals surface area contributed by atoms with Gasteiger partial charge in [-0.25, -0.2) is 4.39 Å². The molecule has 0 radical (unpaired) electrons. The summed E-state index contributed by atoms with van der Waals surface area (Å²) in [4.78, 5) is 0.958. The zero-order chi connectivity index (χ0) is 11.1. The Balaban J connectivity index is 2.45. The lowest BCUT2D eigenvalue weighted by Gasteiger charge is -2.12. The summed E-state index contributed by atoms with van der Waals surface area (Å²) < 4.78 is 12.9. The summed E-state index contributed by atoms with van der Waals surface area (Å²) in [6, 6.07) is 6.94. The zero-order valence-electron chi connectivity index (χ0n) is 8.87. The van der Waals surface area contributed by atoms with Gasteiger partial charge in [0.05, 0.1) is 0 Å². The molecule has 1 unspecified atom stereocenters. The summed E-state index contributed by atoms with van der Waals surface area (Å²) in [5.41, 5.74) is 0. The van der Waals surface area contributed by atoms with E-state index in [1.54, 1.807) is 23.9 Å². The molecule has 15 heavy (non-hydrogen) atoms. The summed E-state index contributed by atoms with van der Waals surface area (Å²) in [5, 5.41) is 3.28. The highest BCUT2D eigenvalue weighted by Crippen LogP contribution is 2.19. The molecule has 1 rings (SSSR count). The highest BCUT2D eigenvalue weighted by molar-refractivity contribution is 7.99. The van der Waals surface area contributed by atoms with Crippen molar-refractivity contribution in [1.29, 1.82) is 0 Å². The molecule has 3 heteroatoms. The van der Waals surface area contributed by atoms with Gasteiger partial charge in [-0.2, -0.15) is 0 Å². The van der Waals surface area contributed by atoms with E-state index in [4.69, 9.17) is 0 Å². The van der Waals surface area contributed by atoms with Gasteiger partial charge in [0.25, 0.3) is 0 Å². The van der Waals surface area contributed by atoms with Crippen molar-refractivity contribution in [3.8, 4) is 0 Å². The van der Waals surface area contributed by atoms with Crippen LogP contribution in [0.15, 0.2) is 41.8 Å². The fourth-order valence-electron chi connectivity index (χ4n) is 1.22. The summed E-state index contributed by atoms with van der Waals surface area (Å²) in [7, 11) is 0. The van der Waals surface area contributed by atoms with Gasteiger partial charge in [0, 0.05) is 16.7 Å². The van der Waals surface area contributed by atoms with Crippen molar-refractivity contribution >= 4 is 11.8 Å². The van der Waals surface area contributed by atoms with Crippen molar-refractivity contribution < 1.29 is 4.39 Å². The maximum Gasteiger partial charge on any atom is 0.124 e. The van der Waals surface area contributed by atoms with Crippen LogP contribution < -0.4 is 5.32 Å². The molecule has 1 aromatic carbocycles. The summed E-state index contributed by atoms with van der Waals surface area (Å²) in [6.45, 7) is 6.74. The van der Waals surface area contributed by atoms with Crippen molar-refractivity contribution in [2.45, 2.75) is 17.9 Å². The third-order valence-corrected chi connectivity index (χ3v) is 3.09. The highest BCUT2D eigenvalue weighted by Gasteiger charge is 2.03. The summed E-state index contributed by atoms with van der Waals surface area (Å²) in [6.07, 6.45) is 1.88. The van der Waals surface area contributed by atoms with Crippen LogP contribution in [0.2, 0.25) is 0 Å². The van der Waals surface area contributed by atoms with E-state index in [-0.39, 0.29) is 11.9 Å². The first-order chi connectivity index (χ1) is 7.26. The predicted molar refractivity (Wildman–Crippen MR) is 64.8 cm³/mol. The second-order valence-electron chi connectivity index (χ2n) is 3.17. The van der Waals surface area contributed by atoms with Gasteiger partial charge in [-0.1, -0.05) is 19.1 Å². The topological polar surface area (TPSA) is 12.0 Å². The average Bonchev–Trinajstić information content (AvgIpc) is 2.24. The van der Waals surface area contributed by atoms with Gasteiger partial charge in [-0.05, 0) is 24.7 Å². The van der Waals surface area contributed by atoms with E-state index in [0.29, 0.717) is 0 Å². The van der Waals surface area contributed by atoms with Crippen molar-refractivity contribution in [2.75, 3.05) is 12.3 Å². The van der Waals surface area contributed by atoms with Gasteiger partial charge in [-0.3, -0.25) is 0 Å². The third kappa shape index (κ3) is 4.49. The number of likely N-dealkylation sites (N-methyl/N-ethyl adjacent to an activating group) is 1. The molecule has 0 aromatic heterocycles. The molecule has 1 nitrogen and oxygen atoms in total. The Kier molecular flexibility index (Phi) is 5.43. The smallest absolute Gasteiger partial charge is 0.124 e. The number of benzene rings is 1. The first-order valence-electron chi connectivity index (χ1n) is 5.00. The van der Waals surface area contributed by atoms with Crippen LogP contribution >= 0.6 is 11.8 Å². The van der Waals surface area contributed by atoms with E-state index in [0.717, 1.165) is 17.2 Å². The lowest BCUT2D eigenvalue weighted by Crippen LogP contribution is -2.28. The molecular formula is C12H16FNS. The Bertz CT molecular complexity index is 314. The number of hydrogen-bond donors (Lipinski definition) is 1. The van der Waals surface area contributed by atoms with E-state index in [9.17, 15) is 4.39 Å².